The fraction of sp³-hybridized carbons (Fsp3) is 0.182. The van der Waals surface area contributed by atoms with Crippen LogP contribution in [0.1, 0.15) is 27.6 Å². The lowest BCUT2D eigenvalue weighted by atomic mass is 10.1. The van der Waals surface area contributed by atoms with Gasteiger partial charge in [0.15, 0.2) is 6.10 Å². The van der Waals surface area contributed by atoms with Crippen molar-refractivity contribution >= 4 is 44.9 Å². The number of Topliss-reactive ketones (excluding diaryl/α,β-unsaturated/α-hetero) is 1. The van der Waals surface area contributed by atoms with E-state index in [4.69, 9.17) is 22.1 Å². The number of nitrogen functional groups attached to an aromatic ring is 1. The SMILES string of the molecule is C[C@@H](OC(=O)c1cccc(S(=O)(=O)Nc2ccc(Cl)cc2)c1)C(=O)c1c(N)n(C)c(=O)n(C)c1=O. The topological polar surface area (TPSA) is 160 Å². The number of benzene rings is 2. The summed E-state index contributed by atoms with van der Waals surface area (Å²) in [4.78, 5) is 49.6. The summed E-state index contributed by atoms with van der Waals surface area (Å²) in [7, 11) is -1.59. The van der Waals surface area contributed by atoms with Crippen molar-refractivity contribution in [2.24, 2.45) is 14.1 Å². The average Bonchev–Trinajstić information content (AvgIpc) is 2.82. The lowest BCUT2D eigenvalue weighted by Gasteiger charge is -2.15. The molecule has 1 aromatic heterocycles. The smallest absolute Gasteiger partial charge is 0.338 e. The maximum Gasteiger partial charge on any atom is 0.338 e. The van der Waals surface area contributed by atoms with Gasteiger partial charge in [0, 0.05) is 24.8 Å². The molecule has 0 fully saturated rings. The maximum atomic E-state index is 12.8. The Balaban J connectivity index is 1.83. The number of nitrogens with zero attached hydrogens (tertiary/aromatic N) is 2. The highest BCUT2D eigenvalue weighted by molar-refractivity contribution is 7.92. The summed E-state index contributed by atoms with van der Waals surface area (Å²) in [6, 6.07) is 11.0. The molecule has 11 nitrogen and oxygen atoms in total. The Labute approximate surface area is 204 Å². The number of carbonyl (C=O) groups is 2. The van der Waals surface area contributed by atoms with Crippen molar-refractivity contribution in [2.45, 2.75) is 17.9 Å². The van der Waals surface area contributed by atoms with Crippen molar-refractivity contribution in [3.63, 3.8) is 0 Å². The molecule has 0 amide bonds. The zero-order valence-corrected chi connectivity index (χ0v) is 20.4. The van der Waals surface area contributed by atoms with Gasteiger partial charge in [0.05, 0.1) is 10.5 Å². The second kappa shape index (κ2) is 9.76. The molecule has 0 spiro atoms. The first-order valence-electron chi connectivity index (χ1n) is 10.0. The molecule has 2 aromatic carbocycles. The molecule has 1 atom stereocenters. The molecule has 0 unspecified atom stereocenters. The Morgan fingerprint density at radius 1 is 1.06 bits per heavy atom. The van der Waals surface area contributed by atoms with Gasteiger partial charge in [0.1, 0.15) is 11.4 Å². The number of ether oxygens (including phenoxy) is 1. The molecule has 3 N–H and O–H groups in total. The van der Waals surface area contributed by atoms with Crippen molar-refractivity contribution in [2.75, 3.05) is 10.5 Å². The Hall–Kier alpha value is -3.90. The first-order valence-corrected chi connectivity index (χ1v) is 11.9. The van der Waals surface area contributed by atoms with Crippen LogP contribution in [0.15, 0.2) is 63.0 Å². The Kier molecular flexibility index (Phi) is 7.17. The van der Waals surface area contributed by atoms with E-state index in [0.717, 1.165) is 10.6 Å². The number of hydrogen-bond donors (Lipinski definition) is 2. The summed E-state index contributed by atoms with van der Waals surface area (Å²) < 4.78 is 34.6. The van der Waals surface area contributed by atoms with Gasteiger partial charge in [0.25, 0.3) is 15.6 Å². The van der Waals surface area contributed by atoms with Crippen molar-refractivity contribution in [3.05, 3.63) is 85.5 Å². The van der Waals surface area contributed by atoms with Gasteiger partial charge in [-0.15, -0.1) is 0 Å². The third-order valence-corrected chi connectivity index (χ3v) is 6.72. The van der Waals surface area contributed by atoms with Crippen LogP contribution in [0.5, 0.6) is 0 Å². The number of nitrogens with one attached hydrogen (secondary N) is 1. The third kappa shape index (κ3) is 5.28. The Morgan fingerprint density at radius 3 is 2.31 bits per heavy atom. The van der Waals surface area contributed by atoms with Crippen LogP contribution in [-0.2, 0) is 28.9 Å². The summed E-state index contributed by atoms with van der Waals surface area (Å²) in [5.41, 5.74) is 3.74. The number of aromatic nitrogens is 2. The normalized spacial score (nSPS) is 12.1. The van der Waals surface area contributed by atoms with E-state index in [0.29, 0.717) is 9.59 Å². The van der Waals surface area contributed by atoms with Gasteiger partial charge in [-0.3, -0.25) is 23.4 Å². The molecule has 0 aliphatic carbocycles. The van der Waals surface area contributed by atoms with E-state index in [1.165, 1.54) is 63.5 Å². The lowest BCUT2D eigenvalue weighted by molar-refractivity contribution is 0.0318. The molecular weight excluding hydrogens is 500 g/mol. The first-order chi connectivity index (χ1) is 16.3. The minimum atomic E-state index is -4.06. The van der Waals surface area contributed by atoms with E-state index < -0.39 is 44.7 Å². The van der Waals surface area contributed by atoms with E-state index in [1.54, 1.807) is 0 Å². The molecule has 0 radical (unpaired) electrons. The number of hydrogen-bond acceptors (Lipinski definition) is 8. The van der Waals surface area contributed by atoms with Gasteiger partial charge in [-0.1, -0.05) is 17.7 Å². The van der Waals surface area contributed by atoms with Gasteiger partial charge >= 0.3 is 11.7 Å². The Bertz CT molecular complexity index is 1540. The summed E-state index contributed by atoms with van der Waals surface area (Å²) in [5.74, 6) is -2.29. The van der Waals surface area contributed by atoms with Gasteiger partial charge in [-0.2, -0.15) is 0 Å². The highest BCUT2D eigenvalue weighted by Crippen LogP contribution is 2.20. The van der Waals surface area contributed by atoms with E-state index in [2.05, 4.69) is 4.72 Å². The molecule has 0 aliphatic heterocycles. The lowest BCUT2D eigenvalue weighted by Crippen LogP contribution is -2.43. The number of nitrogens with two attached hydrogens (primary N) is 1. The molecule has 35 heavy (non-hydrogen) atoms. The minimum absolute atomic E-state index is 0.148. The number of halogens is 1. The highest BCUT2D eigenvalue weighted by atomic mass is 35.5. The van der Waals surface area contributed by atoms with Crippen LogP contribution in [0.25, 0.3) is 0 Å². The third-order valence-electron chi connectivity index (χ3n) is 5.09. The average molecular weight is 521 g/mol. The predicted molar refractivity (Wildman–Crippen MR) is 129 cm³/mol. The number of sulfonamides is 1. The van der Waals surface area contributed by atoms with E-state index in [-0.39, 0.29) is 22.0 Å². The van der Waals surface area contributed by atoms with Gasteiger partial charge in [-0.25, -0.2) is 18.0 Å². The fourth-order valence-corrected chi connectivity index (χ4v) is 4.33. The number of ketones is 1. The van der Waals surface area contributed by atoms with E-state index >= 15 is 0 Å². The van der Waals surface area contributed by atoms with Crippen molar-refractivity contribution in [1.29, 1.82) is 0 Å². The van der Waals surface area contributed by atoms with Crippen LogP contribution >= 0.6 is 11.6 Å². The second-order valence-corrected chi connectivity index (χ2v) is 9.64. The van der Waals surface area contributed by atoms with Crippen molar-refractivity contribution in [3.8, 4) is 0 Å². The van der Waals surface area contributed by atoms with Gasteiger partial charge in [-0.05, 0) is 49.4 Å². The van der Waals surface area contributed by atoms with Crippen molar-refractivity contribution < 1.29 is 22.7 Å². The van der Waals surface area contributed by atoms with Crippen LogP contribution in [0.4, 0.5) is 11.5 Å². The summed E-state index contributed by atoms with van der Waals surface area (Å²) in [6.45, 7) is 1.23. The fourth-order valence-electron chi connectivity index (χ4n) is 3.10. The zero-order valence-electron chi connectivity index (χ0n) is 18.8. The van der Waals surface area contributed by atoms with Crippen molar-refractivity contribution in [1.82, 2.24) is 9.13 Å². The number of anilines is 2. The number of rotatable bonds is 7. The minimum Gasteiger partial charge on any atom is -0.451 e. The number of esters is 1. The summed E-state index contributed by atoms with van der Waals surface area (Å²) in [6.07, 6.45) is -1.46. The molecule has 1 heterocycles. The second-order valence-electron chi connectivity index (χ2n) is 7.52. The molecule has 0 saturated heterocycles. The molecule has 0 saturated carbocycles. The van der Waals surface area contributed by atoms with E-state index in [9.17, 15) is 27.6 Å². The molecule has 184 valence electrons. The van der Waals surface area contributed by atoms with Gasteiger partial charge < -0.3 is 10.5 Å². The molecule has 0 bridgehead atoms. The largest absolute Gasteiger partial charge is 0.451 e. The molecule has 3 rings (SSSR count). The molecule has 13 heteroatoms. The molecular formula is C22H21ClN4O7S. The maximum absolute atomic E-state index is 12.8. The monoisotopic (exact) mass is 520 g/mol. The van der Waals surface area contributed by atoms with Crippen LogP contribution in [0.3, 0.4) is 0 Å². The quantitative estimate of drug-likeness (QED) is 0.350. The Morgan fingerprint density at radius 2 is 1.69 bits per heavy atom. The van der Waals surface area contributed by atoms with Crippen LogP contribution < -0.4 is 21.7 Å². The molecule has 0 aliphatic rings. The van der Waals surface area contributed by atoms with Crippen LogP contribution in [0.2, 0.25) is 5.02 Å². The zero-order chi connectivity index (χ0) is 26.1. The van der Waals surface area contributed by atoms with Crippen LogP contribution in [-0.4, -0.2) is 35.4 Å². The highest BCUT2D eigenvalue weighted by Gasteiger charge is 2.28. The predicted octanol–water partition coefficient (Wildman–Crippen LogP) is 1.55. The number of carbonyl (C=O) groups excluding carboxylic acids is 2. The first kappa shape index (κ1) is 25.7. The van der Waals surface area contributed by atoms with Crippen LogP contribution in [0, 0.1) is 0 Å². The summed E-state index contributed by atoms with van der Waals surface area (Å²) in [5, 5.41) is 0.429. The van der Waals surface area contributed by atoms with E-state index in [1.807, 2.05) is 0 Å². The van der Waals surface area contributed by atoms with Gasteiger partial charge in [0.2, 0.25) is 5.78 Å². The molecule has 3 aromatic rings. The standard InChI is InChI=1S/C22H21ClN4O7S/c1-12(18(28)17-19(24)26(2)22(31)27(3)20(17)29)34-21(30)13-5-4-6-16(11-13)35(32,33)25-15-9-7-14(23)8-10-15/h4-12,25H,24H2,1-3H3/t12-/m1/s1. The summed E-state index contributed by atoms with van der Waals surface area (Å²) >= 11 is 5.80.